The van der Waals surface area contributed by atoms with E-state index in [-0.39, 0.29) is 17.0 Å². The van der Waals surface area contributed by atoms with E-state index in [1.807, 2.05) is 0 Å². The van der Waals surface area contributed by atoms with E-state index >= 15 is 0 Å². The van der Waals surface area contributed by atoms with Crippen LogP contribution in [0.15, 0.2) is 12.1 Å². The average Bonchev–Trinajstić information content (AvgIpc) is 2.46. The first-order valence-corrected chi connectivity index (χ1v) is 8.59. The Morgan fingerprint density at radius 1 is 1.09 bits per heavy atom. The van der Waals surface area contributed by atoms with Crippen LogP contribution < -0.4 is 5.32 Å². The number of aryl methyl sites for hydroxylation is 3. The fourth-order valence-electron chi connectivity index (χ4n) is 3.69. The molecule has 0 spiro atoms. The number of benzene rings is 1. The summed E-state index contributed by atoms with van der Waals surface area (Å²) in [7, 11) is 1.78. The third kappa shape index (κ3) is 4.35. The summed E-state index contributed by atoms with van der Waals surface area (Å²) in [6.07, 6.45) is 4.38. The monoisotopic (exact) mass is 317 g/mol. The lowest BCUT2D eigenvalue weighted by Gasteiger charge is -2.42. The first-order chi connectivity index (χ1) is 10.7. The molecule has 0 aromatic heterocycles. The molecule has 0 saturated heterocycles. The Kier molecular flexibility index (Phi) is 5.20. The van der Waals surface area contributed by atoms with E-state index in [0.29, 0.717) is 6.42 Å². The molecule has 0 heterocycles. The molecule has 0 bridgehead atoms. The summed E-state index contributed by atoms with van der Waals surface area (Å²) < 4.78 is 5.60. The number of nitrogens with one attached hydrogen (secondary N) is 1. The van der Waals surface area contributed by atoms with Gasteiger partial charge in [-0.2, -0.15) is 0 Å². The van der Waals surface area contributed by atoms with Gasteiger partial charge in [0.15, 0.2) is 0 Å². The molecule has 1 fully saturated rings. The Balaban J connectivity index is 2.01. The van der Waals surface area contributed by atoms with E-state index in [4.69, 9.17) is 4.74 Å². The zero-order valence-electron chi connectivity index (χ0n) is 15.5. The number of rotatable bonds is 4. The number of carbonyl (C=O) groups excluding carboxylic acids is 1. The topological polar surface area (TPSA) is 38.3 Å². The molecule has 1 saturated carbocycles. The lowest BCUT2D eigenvalue weighted by atomic mass is 9.75. The molecule has 1 aromatic carbocycles. The van der Waals surface area contributed by atoms with Crippen LogP contribution in [0.1, 0.15) is 61.8 Å². The van der Waals surface area contributed by atoms with Crippen LogP contribution >= 0.6 is 0 Å². The predicted octanol–water partition coefficient (Wildman–Crippen LogP) is 4.01. The number of carbonyl (C=O) groups is 1. The summed E-state index contributed by atoms with van der Waals surface area (Å²) in [4.78, 5) is 12.6. The molecule has 2 rings (SSSR count). The van der Waals surface area contributed by atoms with E-state index in [9.17, 15) is 4.79 Å². The van der Waals surface area contributed by atoms with Gasteiger partial charge in [0.2, 0.25) is 5.91 Å². The van der Waals surface area contributed by atoms with Crippen LogP contribution in [0.25, 0.3) is 0 Å². The van der Waals surface area contributed by atoms with Crippen molar-refractivity contribution in [2.45, 2.75) is 77.9 Å². The Labute approximate surface area is 140 Å². The molecule has 1 N–H and O–H groups in total. The van der Waals surface area contributed by atoms with Crippen molar-refractivity contribution in [3.05, 3.63) is 34.4 Å². The van der Waals surface area contributed by atoms with Crippen molar-refractivity contribution < 1.29 is 9.53 Å². The smallest absolute Gasteiger partial charge is 0.224 e. The summed E-state index contributed by atoms with van der Waals surface area (Å²) in [6, 6.07) is 4.31. The summed E-state index contributed by atoms with van der Waals surface area (Å²) >= 11 is 0. The summed E-state index contributed by atoms with van der Waals surface area (Å²) in [5.74, 6) is 0.128. The molecule has 0 radical (unpaired) electrons. The second kappa shape index (κ2) is 6.64. The first-order valence-electron chi connectivity index (χ1n) is 8.59. The van der Waals surface area contributed by atoms with Crippen LogP contribution in [-0.2, 0) is 16.0 Å². The normalized spacial score (nSPS) is 27.7. The lowest BCUT2D eigenvalue weighted by molar-refractivity contribution is -0.123. The molecule has 0 aliphatic heterocycles. The highest BCUT2D eigenvalue weighted by Crippen LogP contribution is 2.36. The molecule has 1 amide bonds. The minimum Gasteiger partial charge on any atom is -0.379 e. The molecule has 1 aliphatic carbocycles. The van der Waals surface area contributed by atoms with Gasteiger partial charge in [0.05, 0.1) is 12.0 Å². The maximum atomic E-state index is 12.6. The largest absolute Gasteiger partial charge is 0.379 e. The van der Waals surface area contributed by atoms with Crippen LogP contribution in [0.5, 0.6) is 0 Å². The van der Waals surface area contributed by atoms with Crippen molar-refractivity contribution in [1.82, 2.24) is 5.32 Å². The summed E-state index contributed by atoms with van der Waals surface area (Å²) in [5.41, 5.74) is 4.68. The molecular weight excluding hydrogens is 286 g/mol. The molecule has 1 aliphatic rings. The molecule has 23 heavy (non-hydrogen) atoms. The zero-order valence-corrected chi connectivity index (χ0v) is 15.5. The predicted molar refractivity (Wildman–Crippen MR) is 94.8 cm³/mol. The SMILES string of the molecule is COC1(C)CCC(C)(NC(=O)Cc2c(C)cc(C)cc2C)CC1. The van der Waals surface area contributed by atoms with E-state index in [1.165, 1.54) is 16.7 Å². The van der Waals surface area contributed by atoms with Gasteiger partial charge in [0, 0.05) is 12.6 Å². The van der Waals surface area contributed by atoms with Gasteiger partial charge in [-0.1, -0.05) is 17.7 Å². The summed E-state index contributed by atoms with van der Waals surface area (Å²) in [6.45, 7) is 10.6. The highest BCUT2D eigenvalue weighted by atomic mass is 16.5. The molecule has 3 heteroatoms. The molecule has 128 valence electrons. The second-order valence-corrected chi connectivity index (χ2v) is 7.82. The van der Waals surface area contributed by atoms with Gasteiger partial charge in [0.1, 0.15) is 0 Å². The molecule has 0 unspecified atom stereocenters. The van der Waals surface area contributed by atoms with Gasteiger partial charge in [-0.15, -0.1) is 0 Å². The van der Waals surface area contributed by atoms with Gasteiger partial charge >= 0.3 is 0 Å². The molecular formula is C20H31NO2. The third-order valence-electron chi connectivity index (χ3n) is 5.52. The molecule has 1 aromatic rings. The van der Waals surface area contributed by atoms with E-state index in [2.05, 4.69) is 52.1 Å². The van der Waals surface area contributed by atoms with Crippen molar-refractivity contribution in [2.24, 2.45) is 0 Å². The van der Waals surface area contributed by atoms with Gasteiger partial charge in [0.25, 0.3) is 0 Å². The van der Waals surface area contributed by atoms with E-state index in [1.54, 1.807) is 7.11 Å². The van der Waals surface area contributed by atoms with Crippen LogP contribution in [0.2, 0.25) is 0 Å². The highest BCUT2D eigenvalue weighted by Gasteiger charge is 2.38. The highest BCUT2D eigenvalue weighted by molar-refractivity contribution is 5.80. The fourth-order valence-corrected chi connectivity index (χ4v) is 3.69. The standard InChI is InChI=1S/C20H31NO2/c1-14-11-15(2)17(16(3)12-14)13-18(22)21-19(4)7-9-20(5,23-6)10-8-19/h11-12H,7-10,13H2,1-6H3,(H,21,22). The first kappa shape index (κ1) is 18.0. The number of amides is 1. The average molecular weight is 317 g/mol. The van der Waals surface area contributed by atoms with Crippen LogP contribution in [0.4, 0.5) is 0 Å². The Morgan fingerprint density at radius 3 is 2.09 bits per heavy atom. The van der Waals surface area contributed by atoms with Crippen molar-refractivity contribution in [3.8, 4) is 0 Å². The minimum atomic E-state index is -0.109. The number of ether oxygens (including phenoxy) is 1. The lowest BCUT2D eigenvalue weighted by Crippen LogP contribution is -2.52. The van der Waals surface area contributed by atoms with Gasteiger partial charge in [-0.25, -0.2) is 0 Å². The molecule has 3 nitrogen and oxygen atoms in total. The van der Waals surface area contributed by atoms with Gasteiger partial charge in [-0.3, -0.25) is 4.79 Å². The van der Waals surface area contributed by atoms with Gasteiger partial charge in [-0.05, 0) is 77.0 Å². The Morgan fingerprint density at radius 2 is 1.61 bits per heavy atom. The number of hydrogen-bond acceptors (Lipinski definition) is 2. The number of methoxy groups -OCH3 is 1. The maximum Gasteiger partial charge on any atom is 0.224 e. The van der Waals surface area contributed by atoms with Crippen LogP contribution in [0.3, 0.4) is 0 Å². The fraction of sp³-hybridized carbons (Fsp3) is 0.650. The van der Waals surface area contributed by atoms with E-state index < -0.39 is 0 Å². The number of hydrogen-bond donors (Lipinski definition) is 1. The quantitative estimate of drug-likeness (QED) is 0.911. The van der Waals surface area contributed by atoms with Crippen LogP contribution in [-0.4, -0.2) is 24.2 Å². The third-order valence-corrected chi connectivity index (χ3v) is 5.52. The van der Waals surface area contributed by atoms with Gasteiger partial charge < -0.3 is 10.1 Å². The van der Waals surface area contributed by atoms with Crippen LogP contribution in [0, 0.1) is 20.8 Å². The Bertz CT molecular complexity index is 560. The molecule has 0 atom stereocenters. The Hall–Kier alpha value is -1.35. The van der Waals surface area contributed by atoms with Crippen molar-refractivity contribution >= 4 is 5.91 Å². The van der Waals surface area contributed by atoms with Crippen molar-refractivity contribution in [3.63, 3.8) is 0 Å². The van der Waals surface area contributed by atoms with Crippen molar-refractivity contribution in [1.29, 1.82) is 0 Å². The van der Waals surface area contributed by atoms with E-state index in [0.717, 1.165) is 31.2 Å². The zero-order chi connectivity index (χ0) is 17.3. The van der Waals surface area contributed by atoms with Crippen molar-refractivity contribution in [2.75, 3.05) is 7.11 Å². The summed E-state index contributed by atoms with van der Waals surface area (Å²) in [5, 5.41) is 3.28. The second-order valence-electron chi connectivity index (χ2n) is 7.82. The minimum absolute atomic E-state index is 0.0334. The maximum absolute atomic E-state index is 12.6.